The van der Waals surface area contributed by atoms with Crippen LogP contribution >= 0.6 is 0 Å². The molecule has 1 heterocycles. The molecular formula is C12H13NO. The molecule has 14 heavy (non-hydrogen) atoms. The van der Waals surface area contributed by atoms with Crippen molar-refractivity contribution in [1.82, 2.24) is 4.57 Å². The van der Waals surface area contributed by atoms with E-state index in [1.54, 1.807) is 0 Å². The Morgan fingerprint density at radius 3 is 2.64 bits per heavy atom. The number of fused-ring (bicyclic) bond motifs is 1. The third-order valence-corrected chi connectivity index (χ3v) is 3.15. The smallest absolute Gasteiger partial charge is 0.105 e. The largest absolute Gasteiger partial charge is 0.384 e. The molecule has 1 aliphatic rings. The summed E-state index contributed by atoms with van der Waals surface area (Å²) in [5, 5.41) is 11.3. The lowest BCUT2D eigenvalue weighted by molar-refractivity contribution is 0.143. The van der Waals surface area contributed by atoms with Gasteiger partial charge in [0, 0.05) is 12.6 Å². The molecule has 1 aliphatic carbocycles. The lowest BCUT2D eigenvalue weighted by Crippen LogP contribution is -2.09. The molecule has 0 amide bonds. The minimum atomic E-state index is -0.534. The van der Waals surface area contributed by atoms with E-state index >= 15 is 0 Å². The fraction of sp³-hybridized carbons (Fsp3) is 0.333. The van der Waals surface area contributed by atoms with Crippen LogP contribution in [0.25, 0.3) is 10.9 Å². The van der Waals surface area contributed by atoms with E-state index in [1.165, 1.54) is 10.9 Å². The van der Waals surface area contributed by atoms with Crippen LogP contribution in [-0.4, -0.2) is 9.67 Å². The second kappa shape index (κ2) is 2.39. The highest BCUT2D eigenvalue weighted by atomic mass is 16.3. The Morgan fingerprint density at radius 2 is 2.00 bits per heavy atom. The highest BCUT2D eigenvalue weighted by Crippen LogP contribution is 2.46. The summed E-state index contributed by atoms with van der Waals surface area (Å²) in [6.07, 6.45) is 1.80. The predicted molar refractivity (Wildman–Crippen MR) is 56.0 cm³/mol. The van der Waals surface area contributed by atoms with Crippen LogP contribution in [0.4, 0.5) is 0 Å². The van der Waals surface area contributed by atoms with E-state index in [2.05, 4.69) is 22.8 Å². The fourth-order valence-electron chi connectivity index (χ4n) is 2.11. The van der Waals surface area contributed by atoms with E-state index in [4.69, 9.17) is 0 Å². The van der Waals surface area contributed by atoms with Crippen molar-refractivity contribution in [2.45, 2.75) is 18.4 Å². The summed E-state index contributed by atoms with van der Waals surface area (Å²) >= 11 is 0. The highest BCUT2D eigenvalue weighted by Gasteiger charge is 2.44. The van der Waals surface area contributed by atoms with E-state index in [9.17, 15) is 5.11 Å². The second-order valence-electron chi connectivity index (χ2n) is 4.18. The van der Waals surface area contributed by atoms with Gasteiger partial charge in [-0.25, -0.2) is 0 Å². The van der Waals surface area contributed by atoms with Crippen molar-refractivity contribution in [2.75, 3.05) is 0 Å². The maximum absolute atomic E-state index is 10.1. The van der Waals surface area contributed by atoms with E-state index in [0.29, 0.717) is 0 Å². The molecule has 2 nitrogen and oxygen atoms in total. The second-order valence-corrected chi connectivity index (χ2v) is 4.18. The van der Waals surface area contributed by atoms with E-state index in [1.807, 2.05) is 19.2 Å². The van der Waals surface area contributed by atoms with Gasteiger partial charge in [-0.15, -0.1) is 0 Å². The number of aromatic nitrogens is 1. The number of aryl methyl sites for hydroxylation is 1. The fourth-order valence-corrected chi connectivity index (χ4v) is 2.11. The molecule has 0 aliphatic heterocycles. The molecular weight excluding hydrogens is 174 g/mol. The van der Waals surface area contributed by atoms with Crippen LogP contribution in [0.3, 0.4) is 0 Å². The number of aliphatic hydroxyl groups is 1. The van der Waals surface area contributed by atoms with Crippen molar-refractivity contribution in [1.29, 1.82) is 0 Å². The lowest BCUT2D eigenvalue weighted by Gasteiger charge is -2.08. The van der Waals surface area contributed by atoms with Gasteiger partial charge in [0.2, 0.25) is 0 Å². The van der Waals surface area contributed by atoms with Crippen LogP contribution in [0.5, 0.6) is 0 Å². The Morgan fingerprint density at radius 1 is 1.29 bits per heavy atom. The van der Waals surface area contributed by atoms with Gasteiger partial charge in [-0.3, -0.25) is 0 Å². The Balaban J connectivity index is 2.31. The number of hydrogen-bond donors (Lipinski definition) is 1. The zero-order valence-corrected chi connectivity index (χ0v) is 8.20. The van der Waals surface area contributed by atoms with Crippen LogP contribution in [0.2, 0.25) is 0 Å². The molecule has 72 valence electrons. The number of hydrogen-bond acceptors (Lipinski definition) is 1. The number of benzene rings is 1. The molecule has 1 aromatic heterocycles. The molecule has 1 fully saturated rings. The molecule has 1 N–H and O–H groups in total. The molecule has 0 radical (unpaired) electrons. The van der Waals surface area contributed by atoms with Crippen molar-refractivity contribution in [3.63, 3.8) is 0 Å². The Hall–Kier alpha value is -1.28. The molecule has 2 heteroatoms. The zero-order valence-electron chi connectivity index (χ0n) is 8.20. The Labute approximate surface area is 82.8 Å². The summed E-state index contributed by atoms with van der Waals surface area (Å²) in [7, 11) is 2.02. The first-order chi connectivity index (χ1) is 6.71. The maximum Gasteiger partial charge on any atom is 0.105 e. The van der Waals surface area contributed by atoms with E-state index in [0.717, 1.165) is 18.5 Å². The Bertz CT molecular complexity index is 494. The number of rotatable bonds is 1. The van der Waals surface area contributed by atoms with E-state index < -0.39 is 5.60 Å². The van der Waals surface area contributed by atoms with Crippen molar-refractivity contribution in [2.24, 2.45) is 7.05 Å². The van der Waals surface area contributed by atoms with Crippen LogP contribution in [0.1, 0.15) is 18.5 Å². The monoisotopic (exact) mass is 187 g/mol. The summed E-state index contributed by atoms with van der Waals surface area (Å²) in [4.78, 5) is 0. The first kappa shape index (κ1) is 8.06. The minimum absolute atomic E-state index is 0.534. The van der Waals surface area contributed by atoms with Gasteiger partial charge < -0.3 is 9.67 Å². The normalized spacial score (nSPS) is 18.7. The SMILES string of the molecule is Cn1c(C2(O)CC2)cc2ccccc21. The molecule has 0 atom stereocenters. The van der Waals surface area contributed by atoms with Gasteiger partial charge in [-0.1, -0.05) is 18.2 Å². The molecule has 3 rings (SSSR count). The molecule has 0 unspecified atom stereocenters. The van der Waals surface area contributed by atoms with Gasteiger partial charge in [-0.2, -0.15) is 0 Å². The molecule has 1 aromatic carbocycles. The van der Waals surface area contributed by atoms with Gasteiger partial charge in [-0.05, 0) is 30.4 Å². The predicted octanol–water partition coefficient (Wildman–Crippen LogP) is 2.16. The lowest BCUT2D eigenvalue weighted by atomic mass is 10.2. The van der Waals surface area contributed by atoms with Gasteiger partial charge in [0.15, 0.2) is 0 Å². The summed E-state index contributed by atoms with van der Waals surface area (Å²) in [6.45, 7) is 0. The number of nitrogens with zero attached hydrogens (tertiary/aromatic N) is 1. The first-order valence-corrected chi connectivity index (χ1v) is 4.98. The molecule has 0 saturated heterocycles. The number of para-hydroxylation sites is 1. The van der Waals surface area contributed by atoms with Gasteiger partial charge in [0.05, 0.1) is 5.69 Å². The van der Waals surface area contributed by atoms with E-state index in [-0.39, 0.29) is 0 Å². The van der Waals surface area contributed by atoms with Crippen LogP contribution in [0.15, 0.2) is 30.3 Å². The molecule has 0 spiro atoms. The zero-order chi connectivity index (χ0) is 9.76. The first-order valence-electron chi connectivity index (χ1n) is 4.98. The third kappa shape index (κ3) is 0.946. The van der Waals surface area contributed by atoms with Crippen molar-refractivity contribution < 1.29 is 5.11 Å². The van der Waals surface area contributed by atoms with Crippen molar-refractivity contribution in [3.8, 4) is 0 Å². The summed E-state index contributed by atoms with van der Waals surface area (Å²) in [6, 6.07) is 10.3. The average molecular weight is 187 g/mol. The average Bonchev–Trinajstić information content (AvgIpc) is 2.84. The summed E-state index contributed by atoms with van der Waals surface area (Å²) < 4.78 is 2.10. The quantitative estimate of drug-likeness (QED) is 0.727. The third-order valence-electron chi connectivity index (χ3n) is 3.15. The molecule has 1 saturated carbocycles. The van der Waals surface area contributed by atoms with Crippen LogP contribution < -0.4 is 0 Å². The van der Waals surface area contributed by atoms with Gasteiger partial charge in [0.25, 0.3) is 0 Å². The van der Waals surface area contributed by atoms with Gasteiger partial charge >= 0.3 is 0 Å². The Kier molecular flexibility index (Phi) is 1.38. The maximum atomic E-state index is 10.1. The molecule has 2 aromatic rings. The van der Waals surface area contributed by atoms with Crippen molar-refractivity contribution in [3.05, 3.63) is 36.0 Å². The summed E-state index contributed by atoms with van der Waals surface area (Å²) in [5.41, 5.74) is 1.72. The topological polar surface area (TPSA) is 25.2 Å². The van der Waals surface area contributed by atoms with Crippen LogP contribution in [0, 0.1) is 0 Å². The van der Waals surface area contributed by atoms with Crippen LogP contribution in [-0.2, 0) is 12.6 Å². The van der Waals surface area contributed by atoms with Gasteiger partial charge in [0.1, 0.15) is 5.60 Å². The standard InChI is InChI=1S/C12H13NO/c1-13-10-5-3-2-4-9(10)8-11(13)12(14)6-7-12/h2-5,8,14H,6-7H2,1H3. The minimum Gasteiger partial charge on any atom is -0.384 e. The van der Waals surface area contributed by atoms with Crippen molar-refractivity contribution >= 4 is 10.9 Å². The highest BCUT2D eigenvalue weighted by molar-refractivity contribution is 5.81. The molecule has 0 bridgehead atoms. The summed E-state index contributed by atoms with van der Waals surface area (Å²) in [5.74, 6) is 0.